The first kappa shape index (κ1) is 20.8. The highest BCUT2D eigenvalue weighted by Gasteiger charge is 2.42. The molecule has 0 radical (unpaired) electrons. The number of hydrogen-bond donors (Lipinski definition) is 2. The third-order valence-corrected chi connectivity index (χ3v) is 6.44. The molecule has 5 rings (SSSR count). The van der Waals surface area contributed by atoms with E-state index in [4.69, 9.17) is 9.47 Å². The molecule has 4 atom stereocenters. The van der Waals surface area contributed by atoms with E-state index in [-0.39, 0.29) is 11.8 Å². The normalized spacial score (nSPS) is 26.6. The van der Waals surface area contributed by atoms with Crippen molar-refractivity contribution in [2.24, 2.45) is 11.8 Å². The standard InChI is InChI=1S/C28H28O4/c29-25-15-23-24(16-26(25)30)28(32-18-20-11-5-2-6-12-20)22-14-8-7-13-21(22)27(23)31-17-19-9-3-1-4-10-19/h1-14,21-22,25-26,29-30H,15-18H2/t21?,22?,25-,26-/m1/s1. The van der Waals surface area contributed by atoms with Gasteiger partial charge in [0.05, 0.1) is 12.2 Å². The van der Waals surface area contributed by atoms with Gasteiger partial charge in [0.25, 0.3) is 0 Å². The fourth-order valence-electron chi connectivity index (χ4n) is 4.78. The molecule has 2 aromatic rings. The molecule has 4 nitrogen and oxygen atoms in total. The Morgan fingerprint density at radius 3 is 1.44 bits per heavy atom. The first-order valence-corrected chi connectivity index (χ1v) is 11.2. The summed E-state index contributed by atoms with van der Waals surface area (Å²) in [6.45, 7) is 0.930. The van der Waals surface area contributed by atoms with Crippen LogP contribution in [0.1, 0.15) is 24.0 Å². The molecule has 3 aliphatic carbocycles. The second-order valence-corrected chi connectivity index (χ2v) is 8.60. The van der Waals surface area contributed by atoms with Crippen LogP contribution in [0.15, 0.2) is 108 Å². The van der Waals surface area contributed by atoms with Gasteiger partial charge in [-0.1, -0.05) is 85.0 Å². The van der Waals surface area contributed by atoms with Gasteiger partial charge < -0.3 is 19.7 Å². The molecule has 32 heavy (non-hydrogen) atoms. The third-order valence-electron chi connectivity index (χ3n) is 6.44. The van der Waals surface area contributed by atoms with Gasteiger partial charge in [-0.05, 0) is 22.3 Å². The summed E-state index contributed by atoms with van der Waals surface area (Å²) >= 11 is 0. The van der Waals surface area contributed by atoms with Crippen LogP contribution in [0, 0.1) is 11.8 Å². The summed E-state index contributed by atoms with van der Waals surface area (Å²) in [4.78, 5) is 0. The lowest BCUT2D eigenvalue weighted by atomic mass is 9.71. The highest BCUT2D eigenvalue weighted by molar-refractivity contribution is 5.48. The van der Waals surface area contributed by atoms with Gasteiger partial charge in [-0.25, -0.2) is 0 Å². The lowest BCUT2D eigenvalue weighted by molar-refractivity contribution is 0.00729. The highest BCUT2D eigenvalue weighted by Crippen LogP contribution is 2.48. The van der Waals surface area contributed by atoms with Crippen molar-refractivity contribution >= 4 is 0 Å². The lowest BCUT2D eigenvalue weighted by Gasteiger charge is -2.40. The highest BCUT2D eigenvalue weighted by atomic mass is 16.5. The Morgan fingerprint density at radius 2 is 1.03 bits per heavy atom. The second kappa shape index (κ2) is 9.19. The molecule has 0 saturated heterocycles. The van der Waals surface area contributed by atoms with Crippen molar-refractivity contribution in [1.82, 2.24) is 0 Å². The van der Waals surface area contributed by atoms with E-state index in [1.807, 2.05) is 72.8 Å². The maximum absolute atomic E-state index is 10.5. The van der Waals surface area contributed by atoms with Crippen LogP contribution in [-0.2, 0) is 22.7 Å². The number of rotatable bonds is 6. The van der Waals surface area contributed by atoms with Crippen LogP contribution < -0.4 is 0 Å². The average Bonchev–Trinajstić information content (AvgIpc) is 2.84. The van der Waals surface area contributed by atoms with Crippen LogP contribution in [0.2, 0.25) is 0 Å². The molecule has 0 amide bonds. The smallest absolute Gasteiger partial charge is 0.113 e. The van der Waals surface area contributed by atoms with E-state index < -0.39 is 12.2 Å². The molecule has 2 N–H and O–H groups in total. The maximum atomic E-state index is 10.5. The molecular weight excluding hydrogens is 400 g/mol. The van der Waals surface area contributed by atoms with Crippen molar-refractivity contribution in [3.63, 3.8) is 0 Å². The summed E-state index contributed by atoms with van der Waals surface area (Å²) in [6, 6.07) is 20.2. The Labute approximate surface area is 188 Å². The molecule has 0 bridgehead atoms. The van der Waals surface area contributed by atoms with Crippen LogP contribution in [0.3, 0.4) is 0 Å². The zero-order valence-electron chi connectivity index (χ0n) is 17.9. The summed E-state index contributed by atoms with van der Waals surface area (Å²) in [5.41, 5.74) is 4.15. The summed E-state index contributed by atoms with van der Waals surface area (Å²) in [5, 5.41) is 20.9. The van der Waals surface area contributed by atoms with Gasteiger partial charge in [-0.15, -0.1) is 0 Å². The Hall–Kier alpha value is -3.08. The molecule has 0 heterocycles. The number of hydrogen-bond acceptors (Lipinski definition) is 4. The molecule has 1 fully saturated rings. The van der Waals surface area contributed by atoms with Crippen molar-refractivity contribution in [1.29, 1.82) is 0 Å². The molecule has 164 valence electrons. The minimum atomic E-state index is -0.806. The summed E-state index contributed by atoms with van der Waals surface area (Å²) in [6.07, 6.45) is 7.50. The summed E-state index contributed by atoms with van der Waals surface area (Å²) < 4.78 is 12.8. The van der Waals surface area contributed by atoms with Crippen LogP contribution in [0.25, 0.3) is 0 Å². The van der Waals surface area contributed by atoms with E-state index in [2.05, 4.69) is 12.2 Å². The molecule has 4 heteroatoms. The Morgan fingerprint density at radius 1 is 0.625 bits per heavy atom. The van der Waals surface area contributed by atoms with Gasteiger partial charge in [0, 0.05) is 24.7 Å². The van der Waals surface area contributed by atoms with Crippen molar-refractivity contribution in [3.05, 3.63) is 119 Å². The number of aliphatic hydroxyl groups is 2. The van der Waals surface area contributed by atoms with Crippen molar-refractivity contribution < 1.29 is 19.7 Å². The summed E-state index contributed by atoms with van der Waals surface area (Å²) in [5.74, 6) is 1.78. The minimum absolute atomic E-state index is 0.00989. The minimum Gasteiger partial charge on any atom is -0.492 e. The van der Waals surface area contributed by atoms with E-state index in [0.29, 0.717) is 26.1 Å². The van der Waals surface area contributed by atoms with Gasteiger partial charge in [0.2, 0.25) is 0 Å². The maximum Gasteiger partial charge on any atom is 0.113 e. The number of allylic oxidation sites excluding steroid dienone is 4. The van der Waals surface area contributed by atoms with Gasteiger partial charge in [0.15, 0.2) is 0 Å². The van der Waals surface area contributed by atoms with Gasteiger partial charge >= 0.3 is 0 Å². The monoisotopic (exact) mass is 428 g/mol. The summed E-state index contributed by atoms with van der Waals surface area (Å²) in [7, 11) is 0. The van der Waals surface area contributed by atoms with Crippen LogP contribution in [-0.4, -0.2) is 22.4 Å². The van der Waals surface area contributed by atoms with Crippen LogP contribution in [0.4, 0.5) is 0 Å². The first-order chi connectivity index (χ1) is 15.7. The molecule has 0 aliphatic heterocycles. The fraction of sp³-hybridized carbons (Fsp3) is 0.286. The average molecular weight is 429 g/mol. The quantitative estimate of drug-likeness (QED) is 0.693. The van der Waals surface area contributed by atoms with E-state index in [1.165, 1.54) is 0 Å². The second-order valence-electron chi connectivity index (χ2n) is 8.60. The molecule has 2 aromatic carbocycles. The first-order valence-electron chi connectivity index (χ1n) is 11.2. The molecule has 1 saturated carbocycles. The molecule has 3 aliphatic rings. The van der Waals surface area contributed by atoms with E-state index in [1.54, 1.807) is 0 Å². The molecule has 0 spiro atoms. The van der Waals surface area contributed by atoms with Crippen molar-refractivity contribution in [3.8, 4) is 0 Å². The van der Waals surface area contributed by atoms with Gasteiger partial charge in [-0.2, -0.15) is 0 Å². The predicted octanol–water partition coefficient (Wildman–Crippen LogP) is 4.82. The largest absolute Gasteiger partial charge is 0.492 e. The van der Waals surface area contributed by atoms with Crippen molar-refractivity contribution in [2.45, 2.75) is 38.3 Å². The van der Waals surface area contributed by atoms with Gasteiger partial charge in [-0.3, -0.25) is 0 Å². The Kier molecular flexibility index (Phi) is 5.97. The third kappa shape index (κ3) is 4.16. The number of benzene rings is 2. The zero-order valence-corrected chi connectivity index (χ0v) is 17.9. The van der Waals surface area contributed by atoms with E-state index in [0.717, 1.165) is 33.8 Å². The molecule has 0 aromatic heterocycles. The van der Waals surface area contributed by atoms with Gasteiger partial charge in [0.1, 0.15) is 24.7 Å². The zero-order chi connectivity index (χ0) is 21.9. The Balaban J connectivity index is 1.51. The predicted molar refractivity (Wildman–Crippen MR) is 123 cm³/mol. The molecular formula is C28H28O4. The van der Waals surface area contributed by atoms with Crippen molar-refractivity contribution in [2.75, 3.05) is 0 Å². The molecule has 2 unspecified atom stereocenters. The number of aliphatic hydroxyl groups excluding tert-OH is 2. The number of fused-ring (bicyclic) bond motifs is 2. The van der Waals surface area contributed by atoms with E-state index in [9.17, 15) is 10.2 Å². The van der Waals surface area contributed by atoms with Crippen LogP contribution >= 0.6 is 0 Å². The SMILES string of the molecule is O[C@@H]1CC2=C(OCc3ccccc3)C3C=CC=CC3C(OCc3ccccc3)=C2C[C@H]1O. The fourth-order valence-corrected chi connectivity index (χ4v) is 4.78. The van der Waals surface area contributed by atoms with Crippen LogP contribution in [0.5, 0.6) is 0 Å². The topological polar surface area (TPSA) is 58.9 Å². The number of ether oxygens (including phenoxy) is 2. The van der Waals surface area contributed by atoms with E-state index >= 15 is 0 Å². The Bertz CT molecular complexity index is 978. The lowest BCUT2D eigenvalue weighted by Crippen LogP contribution is -2.37.